The molecule has 0 radical (unpaired) electrons. The fraction of sp³-hybridized carbons (Fsp3) is 0.368. The van der Waals surface area contributed by atoms with Crippen molar-refractivity contribution in [1.29, 1.82) is 0 Å². The molecule has 1 saturated carbocycles. The van der Waals surface area contributed by atoms with Crippen LogP contribution in [-0.2, 0) is 4.74 Å². The summed E-state index contributed by atoms with van der Waals surface area (Å²) in [6.07, 6.45) is 6.43. The highest BCUT2D eigenvalue weighted by atomic mass is 32.1. The van der Waals surface area contributed by atoms with E-state index in [0.717, 1.165) is 17.5 Å². The van der Waals surface area contributed by atoms with E-state index >= 15 is 0 Å². The first-order chi connectivity index (χ1) is 13.8. The third-order valence-corrected chi connectivity index (χ3v) is 4.24. The van der Waals surface area contributed by atoms with Gasteiger partial charge in [-0.2, -0.15) is 9.78 Å². The van der Waals surface area contributed by atoms with Crippen LogP contribution in [-0.4, -0.2) is 47.6 Å². The Hall–Kier alpha value is -3.14. The zero-order valence-corrected chi connectivity index (χ0v) is 17.2. The van der Waals surface area contributed by atoms with E-state index in [1.54, 1.807) is 39.2 Å². The maximum atomic E-state index is 12.1. The quantitative estimate of drug-likeness (QED) is 0.629. The fourth-order valence-corrected chi connectivity index (χ4v) is 2.81. The molecule has 3 aromatic rings. The molecular formula is C19H21N7O2S. The number of ether oxygens (including phenoxy) is 1. The zero-order valence-electron chi connectivity index (χ0n) is 16.3. The topological polar surface area (TPSA) is 107 Å². The van der Waals surface area contributed by atoms with Gasteiger partial charge in [0, 0.05) is 17.8 Å². The molecule has 2 N–H and O–H groups in total. The first-order valence-electron chi connectivity index (χ1n) is 9.26. The molecule has 0 unspecified atom stereocenters. The van der Waals surface area contributed by atoms with Gasteiger partial charge in [-0.1, -0.05) is 0 Å². The van der Waals surface area contributed by atoms with Crippen molar-refractivity contribution >= 4 is 40.4 Å². The molecule has 0 amide bonds. The number of fused-ring (bicyclic) bond motifs is 1. The highest BCUT2D eigenvalue weighted by Gasteiger charge is 2.22. The molecular weight excluding hydrogens is 390 g/mol. The van der Waals surface area contributed by atoms with E-state index in [0.29, 0.717) is 39.4 Å². The lowest BCUT2D eigenvalue weighted by molar-refractivity contribution is 0.0514. The van der Waals surface area contributed by atoms with E-state index < -0.39 is 11.7 Å². The summed E-state index contributed by atoms with van der Waals surface area (Å²) >= 11 is 5.29. The highest BCUT2D eigenvalue weighted by Crippen LogP contribution is 2.21. The minimum absolute atomic E-state index is 0.461. The van der Waals surface area contributed by atoms with Crippen LogP contribution in [0.25, 0.3) is 22.4 Å². The maximum absolute atomic E-state index is 12.1. The van der Waals surface area contributed by atoms with Crippen LogP contribution >= 0.6 is 12.2 Å². The van der Waals surface area contributed by atoms with Gasteiger partial charge in [-0.15, -0.1) is 0 Å². The van der Waals surface area contributed by atoms with Crippen LogP contribution in [0.3, 0.4) is 0 Å². The van der Waals surface area contributed by atoms with E-state index in [1.807, 2.05) is 6.07 Å². The Labute approximate surface area is 172 Å². The van der Waals surface area contributed by atoms with Gasteiger partial charge in [-0.3, -0.25) is 4.98 Å². The average Bonchev–Trinajstić information content (AvgIpc) is 3.30. The van der Waals surface area contributed by atoms with Crippen molar-refractivity contribution in [1.82, 2.24) is 30.0 Å². The van der Waals surface area contributed by atoms with Gasteiger partial charge in [0.2, 0.25) is 0 Å². The number of nitrogens with one attached hydrogen (secondary N) is 2. The second kappa shape index (κ2) is 7.36. The molecule has 9 nitrogen and oxygen atoms in total. The number of carbonyl (C=O) groups is 1. The SMILES string of the molecule is CC(C)(C)OC(=O)n1cc(-c2cnc3ccc(NC(=S)NC4CC4)nc3n2)cn1. The number of aromatic nitrogens is 5. The second-order valence-corrected chi connectivity index (χ2v) is 8.23. The summed E-state index contributed by atoms with van der Waals surface area (Å²) in [6.45, 7) is 5.40. The van der Waals surface area contributed by atoms with Crippen molar-refractivity contribution in [3.63, 3.8) is 0 Å². The summed E-state index contributed by atoms with van der Waals surface area (Å²) < 4.78 is 6.45. The summed E-state index contributed by atoms with van der Waals surface area (Å²) in [5.41, 5.74) is 1.70. The van der Waals surface area contributed by atoms with Crippen molar-refractivity contribution in [2.75, 3.05) is 5.32 Å². The Morgan fingerprint density at radius 2 is 2.03 bits per heavy atom. The second-order valence-electron chi connectivity index (χ2n) is 7.82. The lowest BCUT2D eigenvalue weighted by atomic mass is 10.2. The molecule has 0 atom stereocenters. The van der Waals surface area contributed by atoms with Crippen LogP contribution in [0.5, 0.6) is 0 Å². The Bertz CT molecular complexity index is 1090. The third kappa shape index (κ3) is 4.83. The van der Waals surface area contributed by atoms with Crippen LogP contribution in [0.15, 0.2) is 30.7 Å². The van der Waals surface area contributed by atoms with Gasteiger partial charge in [0.15, 0.2) is 10.8 Å². The predicted octanol–water partition coefficient (Wildman–Crippen LogP) is 3.12. The molecule has 0 saturated heterocycles. The molecule has 1 fully saturated rings. The number of anilines is 1. The number of pyridine rings is 1. The van der Waals surface area contributed by atoms with Gasteiger partial charge < -0.3 is 15.4 Å². The summed E-state index contributed by atoms with van der Waals surface area (Å²) in [6, 6.07) is 4.09. The van der Waals surface area contributed by atoms with Crippen LogP contribution < -0.4 is 10.6 Å². The van der Waals surface area contributed by atoms with Gasteiger partial charge in [-0.25, -0.2) is 14.8 Å². The van der Waals surface area contributed by atoms with Gasteiger partial charge in [-0.05, 0) is 58.0 Å². The van der Waals surface area contributed by atoms with Crippen molar-refractivity contribution in [2.24, 2.45) is 0 Å². The van der Waals surface area contributed by atoms with Crippen LogP contribution in [0.2, 0.25) is 0 Å². The number of carbonyl (C=O) groups excluding carboxylic acids is 1. The van der Waals surface area contributed by atoms with Gasteiger partial charge in [0.25, 0.3) is 0 Å². The smallest absolute Gasteiger partial charge is 0.435 e. The first kappa shape index (κ1) is 19.2. The number of nitrogens with zero attached hydrogens (tertiary/aromatic N) is 5. The maximum Gasteiger partial charge on any atom is 0.435 e. The van der Waals surface area contributed by atoms with Crippen molar-refractivity contribution in [2.45, 2.75) is 45.3 Å². The summed E-state index contributed by atoms with van der Waals surface area (Å²) in [5.74, 6) is 0.589. The minimum atomic E-state index is -0.603. The van der Waals surface area contributed by atoms with E-state index in [2.05, 4.69) is 30.7 Å². The molecule has 150 valence electrons. The molecule has 3 aromatic heterocycles. The molecule has 4 rings (SSSR count). The van der Waals surface area contributed by atoms with E-state index in [9.17, 15) is 4.79 Å². The van der Waals surface area contributed by atoms with Crippen molar-refractivity contribution < 1.29 is 9.53 Å². The average molecular weight is 411 g/mol. The normalized spacial score (nSPS) is 13.9. The Morgan fingerprint density at radius 3 is 2.76 bits per heavy atom. The Kier molecular flexibility index (Phi) is 4.87. The molecule has 0 aromatic carbocycles. The van der Waals surface area contributed by atoms with E-state index in [-0.39, 0.29) is 0 Å². The van der Waals surface area contributed by atoms with Gasteiger partial charge in [0.05, 0.1) is 18.1 Å². The largest absolute Gasteiger partial charge is 0.442 e. The molecule has 0 aliphatic heterocycles. The number of hydrogen-bond acceptors (Lipinski definition) is 7. The molecule has 1 aliphatic carbocycles. The molecule has 1 aliphatic rings. The minimum Gasteiger partial charge on any atom is -0.442 e. The number of hydrogen-bond donors (Lipinski definition) is 2. The predicted molar refractivity (Wildman–Crippen MR) is 113 cm³/mol. The highest BCUT2D eigenvalue weighted by molar-refractivity contribution is 7.80. The zero-order chi connectivity index (χ0) is 20.6. The standard InChI is InChI=1S/C19H21N7O2S/c1-19(2,3)28-18(27)26-10-11(8-21-26)14-9-20-13-6-7-15(24-16(13)23-14)25-17(29)22-12-4-5-12/h6-10,12H,4-5H2,1-3H3,(H2,22,23,24,25,29). The monoisotopic (exact) mass is 411 g/mol. The van der Waals surface area contributed by atoms with Crippen LogP contribution in [0.1, 0.15) is 33.6 Å². The molecule has 0 spiro atoms. The number of thiocarbonyl (C=S) groups is 1. The molecule has 10 heteroatoms. The number of rotatable bonds is 3. The summed E-state index contributed by atoms with van der Waals surface area (Å²) in [4.78, 5) is 25.6. The molecule has 3 heterocycles. The van der Waals surface area contributed by atoms with E-state index in [4.69, 9.17) is 17.0 Å². The summed E-state index contributed by atoms with van der Waals surface area (Å²) in [7, 11) is 0. The van der Waals surface area contributed by atoms with E-state index in [1.165, 1.54) is 6.20 Å². The lowest BCUT2D eigenvalue weighted by Crippen LogP contribution is -2.30. The third-order valence-electron chi connectivity index (χ3n) is 4.02. The Morgan fingerprint density at radius 1 is 1.24 bits per heavy atom. The fourth-order valence-electron chi connectivity index (χ4n) is 2.54. The van der Waals surface area contributed by atoms with Gasteiger partial charge >= 0.3 is 6.09 Å². The van der Waals surface area contributed by atoms with Crippen molar-refractivity contribution in [3.8, 4) is 11.3 Å². The Balaban J connectivity index is 1.54. The van der Waals surface area contributed by atoms with Gasteiger partial charge in [0.1, 0.15) is 16.9 Å². The van der Waals surface area contributed by atoms with Crippen LogP contribution in [0, 0.1) is 0 Å². The lowest BCUT2D eigenvalue weighted by Gasteiger charge is -2.18. The van der Waals surface area contributed by atoms with Crippen molar-refractivity contribution in [3.05, 3.63) is 30.7 Å². The van der Waals surface area contributed by atoms with Crippen LogP contribution in [0.4, 0.5) is 10.6 Å². The molecule has 0 bridgehead atoms. The first-order valence-corrected chi connectivity index (χ1v) is 9.67. The summed E-state index contributed by atoms with van der Waals surface area (Å²) in [5, 5.41) is 10.9. The molecule has 29 heavy (non-hydrogen) atoms.